The second kappa shape index (κ2) is 12.0. The molecule has 50 heavy (non-hydrogen) atoms. The third kappa shape index (κ3) is 4.78. The van der Waals surface area contributed by atoms with Crippen LogP contribution in [0.1, 0.15) is 86.0 Å². The molecular weight excluding hydrogens is 652 g/mol. The fourth-order valence-electron chi connectivity index (χ4n) is 13.6. The van der Waals surface area contributed by atoms with Crippen molar-refractivity contribution >= 4 is 0 Å². The maximum absolute atomic E-state index is 11.2. The topological polar surface area (TPSA) is 208 Å². The molecule has 8 N–H and O–H groups in total. The van der Waals surface area contributed by atoms with Gasteiger partial charge in [0.2, 0.25) is 0 Å². The summed E-state index contributed by atoms with van der Waals surface area (Å²) in [6.07, 6.45) is -6.59. The van der Waals surface area contributed by atoms with Crippen molar-refractivity contribution in [3.8, 4) is 0 Å². The summed E-state index contributed by atoms with van der Waals surface area (Å²) >= 11 is 0. The smallest absolute Gasteiger partial charge is 0.186 e. The summed E-state index contributed by atoms with van der Waals surface area (Å²) in [5.74, 6) is 0.459. The molecule has 3 aliphatic heterocycles. The van der Waals surface area contributed by atoms with Crippen molar-refractivity contribution in [1.82, 2.24) is 0 Å². The van der Waals surface area contributed by atoms with Crippen LogP contribution in [-0.2, 0) is 23.7 Å². The van der Waals surface area contributed by atoms with Gasteiger partial charge in [-0.25, -0.2) is 0 Å². The Morgan fingerprint density at radius 2 is 1.46 bits per heavy atom. The first kappa shape index (κ1) is 36.5. The summed E-state index contributed by atoms with van der Waals surface area (Å²) < 4.78 is 31.4. The molecule has 286 valence electrons. The molecule has 8 aliphatic rings. The van der Waals surface area contributed by atoms with Gasteiger partial charge in [0.05, 0.1) is 31.5 Å². The molecule has 21 atom stereocenters. The number of fused-ring (bicyclic) bond motifs is 4. The lowest BCUT2D eigenvalue weighted by atomic mass is 9.41. The van der Waals surface area contributed by atoms with Crippen molar-refractivity contribution in [3.63, 3.8) is 0 Å². The van der Waals surface area contributed by atoms with Gasteiger partial charge >= 0.3 is 0 Å². The number of aliphatic hydroxyl groups excluding tert-OH is 8. The molecule has 0 bridgehead atoms. The molecule has 0 unspecified atom stereocenters. The minimum Gasteiger partial charge on any atom is -0.394 e. The largest absolute Gasteiger partial charge is 0.394 e. The van der Waals surface area contributed by atoms with Crippen molar-refractivity contribution in [1.29, 1.82) is 0 Å². The van der Waals surface area contributed by atoms with Gasteiger partial charge < -0.3 is 64.5 Å². The first-order valence-electron chi connectivity index (χ1n) is 19.1. The van der Waals surface area contributed by atoms with Gasteiger partial charge in [-0.15, -0.1) is 0 Å². The van der Waals surface area contributed by atoms with Crippen LogP contribution in [0, 0.1) is 50.7 Å². The van der Waals surface area contributed by atoms with Crippen molar-refractivity contribution < 1.29 is 64.5 Å². The van der Waals surface area contributed by atoms with Crippen LogP contribution in [0.5, 0.6) is 0 Å². The Morgan fingerprint density at radius 3 is 2.18 bits per heavy atom. The molecular formula is C37H60O13. The number of ether oxygens (including phenoxy) is 5. The van der Waals surface area contributed by atoms with Gasteiger partial charge in [-0.2, -0.15) is 0 Å². The van der Waals surface area contributed by atoms with E-state index in [-0.39, 0.29) is 64.1 Å². The average Bonchev–Trinajstić information content (AvgIpc) is 3.67. The first-order valence-corrected chi connectivity index (χ1v) is 19.1. The fraction of sp³-hybridized carbons (Fsp3) is 1.00. The highest BCUT2D eigenvalue weighted by Crippen LogP contribution is 2.89. The lowest BCUT2D eigenvalue weighted by Gasteiger charge is -2.65. The Labute approximate surface area is 294 Å². The molecule has 3 saturated heterocycles. The Balaban J connectivity index is 1.15. The Hall–Kier alpha value is -0.520. The minimum absolute atomic E-state index is 0.00375. The zero-order valence-electron chi connectivity index (χ0n) is 30.0. The van der Waals surface area contributed by atoms with Crippen molar-refractivity contribution in [2.45, 2.75) is 166 Å². The molecule has 13 heteroatoms. The monoisotopic (exact) mass is 712 g/mol. The molecule has 5 aliphatic carbocycles. The van der Waals surface area contributed by atoms with Crippen LogP contribution < -0.4 is 0 Å². The van der Waals surface area contributed by atoms with Gasteiger partial charge in [-0.05, 0) is 96.2 Å². The van der Waals surface area contributed by atoms with Crippen LogP contribution in [0.4, 0.5) is 0 Å². The van der Waals surface area contributed by atoms with Crippen LogP contribution in [0.15, 0.2) is 0 Å². The van der Waals surface area contributed by atoms with Crippen molar-refractivity contribution in [2.24, 2.45) is 50.7 Å². The van der Waals surface area contributed by atoms with E-state index in [1.54, 1.807) is 0 Å². The van der Waals surface area contributed by atoms with E-state index < -0.39 is 79.7 Å². The molecule has 0 radical (unpaired) electrons. The molecule has 0 aromatic rings. The molecule has 5 saturated carbocycles. The number of aliphatic hydroxyl groups is 8. The number of hydrogen-bond donors (Lipinski definition) is 8. The molecule has 3 heterocycles. The van der Waals surface area contributed by atoms with Crippen LogP contribution in [-0.4, -0.2) is 134 Å². The second-order valence-corrected chi connectivity index (χ2v) is 18.8. The third-order valence-electron chi connectivity index (χ3n) is 16.5. The normalized spacial score (nSPS) is 61.3. The van der Waals surface area contributed by atoms with Crippen LogP contribution in [0.3, 0.4) is 0 Å². The SMILES string of the molecule is C[C@H]1C[C@H]2[C@H](C[C@@]3(C)[C@@H]4[C@H](O[C@H]5O[C@H](CO)[C@@H](O)[C@H](O)[C@H]5O)C[C@H]5C(C)(C)[C@@H](O[C@@H]6OC[C@@H](O)[C@H](O)[C@H]6O)CC[C@@]56C[C@@]46CC[C@]23C)O[C@H]1O. The van der Waals surface area contributed by atoms with E-state index in [0.29, 0.717) is 6.42 Å². The zero-order valence-corrected chi connectivity index (χ0v) is 30.0. The standard InChI is InChI=1S/C37H60O13/c1-16-10-17-20(47-30(16)45)12-35(5)29-19(48-32-28(44)26(42)25(41)21(13-38)49-32)11-22-33(2,3)23(50-31-27(43)24(40)18(39)14-46-31)6-7-36(22)15-37(29,36)9-8-34(17,35)4/h16-32,38-45H,6-15H2,1-5H3/t16-,17-,18+,19+,20-,21+,22-,23-,24-,25+,26-,27+,28+,29-,30+,31-,32-,34+,35-,36+,37-/m0/s1. The lowest BCUT2D eigenvalue weighted by molar-refractivity contribution is -0.335. The van der Waals surface area contributed by atoms with E-state index in [1.165, 1.54) is 0 Å². The maximum Gasteiger partial charge on any atom is 0.186 e. The van der Waals surface area contributed by atoms with Crippen LogP contribution in [0.2, 0.25) is 0 Å². The number of hydrogen-bond acceptors (Lipinski definition) is 13. The van der Waals surface area contributed by atoms with E-state index >= 15 is 0 Å². The minimum atomic E-state index is -1.55. The maximum atomic E-state index is 11.2. The molecule has 13 nitrogen and oxygen atoms in total. The van der Waals surface area contributed by atoms with E-state index in [1.807, 2.05) is 0 Å². The third-order valence-corrected chi connectivity index (χ3v) is 16.5. The van der Waals surface area contributed by atoms with Crippen molar-refractivity contribution in [2.75, 3.05) is 13.2 Å². The first-order chi connectivity index (χ1) is 23.5. The zero-order chi connectivity index (χ0) is 35.9. The van der Waals surface area contributed by atoms with E-state index in [4.69, 9.17) is 23.7 Å². The predicted octanol–water partition coefficient (Wildman–Crippen LogP) is 0.398. The predicted molar refractivity (Wildman–Crippen MR) is 174 cm³/mol. The summed E-state index contributed by atoms with van der Waals surface area (Å²) in [5, 5.41) is 84.4. The highest BCUT2D eigenvalue weighted by molar-refractivity contribution is 5.33. The molecule has 8 fully saturated rings. The molecule has 0 aromatic heterocycles. The van der Waals surface area contributed by atoms with Crippen LogP contribution >= 0.6 is 0 Å². The van der Waals surface area contributed by atoms with Gasteiger partial charge in [0, 0.05) is 5.92 Å². The van der Waals surface area contributed by atoms with Gasteiger partial charge in [-0.1, -0.05) is 34.6 Å². The highest BCUT2D eigenvalue weighted by Gasteiger charge is 2.85. The Kier molecular flexibility index (Phi) is 8.74. The van der Waals surface area contributed by atoms with Gasteiger partial charge in [-0.3, -0.25) is 0 Å². The molecule has 0 amide bonds. The average molecular weight is 713 g/mol. The summed E-state index contributed by atoms with van der Waals surface area (Å²) in [6, 6.07) is 0. The van der Waals surface area contributed by atoms with E-state index in [0.717, 1.165) is 44.9 Å². The van der Waals surface area contributed by atoms with Crippen LogP contribution in [0.25, 0.3) is 0 Å². The molecule has 8 rings (SSSR count). The highest BCUT2D eigenvalue weighted by atomic mass is 16.7. The van der Waals surface area contributed by atoms with Gasteiger partial charge in [0.25, 0.3) is 0 Å². The van der Waals surface area contributed by atoms with E-state index in [2.05, 4.69) is 34.6 Å². The quantitative estimate of drug-likeness (QED) is 0.182. The summed E-state index contributed by atoms with van der Waals surface area (Å²) in [6.45, 7) is 10.5. The second-order valence-electron chi connectivity index (χ2n) is 18.8. The Bertz CT molecular complexity index is 1300. The molecule has 0 aromatic carbocycles. The van der Waals surface area contributed by atoms with E-state index in [9.17, 15) is 40.9 Å². The molecule has 2 spiro atoms. The fourth-order valence-corrected chi connectivity index (χ4v) is 13.6. The summed E-state index contributed by atoms with van der Waals surface area (Å²) in [7, 11) is 0. The summed E-state index contributed by atoms with van der Waals surface area (Å²) in [5.41, 5.74) is -0.840. The van der Waals surface area contributed by atoms with Gasteiger partial charge in [0.15, 0.2) is 18.9 Å². The number of rotatable bonds is 5. The van der Waals surface area contributed by atoms with Gasteiger partial charge in [0.1, 0.15) is 42.7 Å². The lowest BCUT2D eigenvalue weighted by Crippen LogP contribution is -2.65. The summed E-state index contributed by atoms with van der Waals surface area (Å²) in [4.78, 5) is 0. The van der Waals surface area contributed by atoms with Crippen molar-refractivity contribution in [3.05, 3.63) is 0 Å². The Morgan fingerprint density at radius 1 is 0.740 bits per heavy atom.